The predicted molar refractivity (Wildman–Crippen MR) is 75.2 cm³/mol. The summed E-state index contributed by atoms with van der Waals surface area (Å²) < 4.78 is 4.96. The van der Waals surface area contributed by atoms with E-state index in [0.29, 0.717) is 24.5 Å². The number of hydrogen-bond acceptors (Lipinski definition) is 5. The van der Waals surface area contributed by atoms with Gasteiger partial charge in [-0.15, -0.1) is 0 Å². The topological polar surface area (TPSA) is 103 Å². The van der Waals surface area contributed by atoms with Crippen molar-refractivity contribution in [2.75, 3.05) is 25.6 Å². The van der Waals surface area contributed by atoms with Gasteiger partial charge in [0, 0.05) is 25.4 Å². The number of ether oxygens (including phenoxy) is 1. The lowest BCUT2D eigenvalue weighted by molar-refractivity contribution is 0.1000. The summed E-state index contributed by atoms with van der Waals surface area (Å²) in [5.74, 6) is 0.0447. The van der Waals surface area contributed by atoms with Crippen molar-refractivity contribution in [3.63, 3.8) is 0 Å². The first-order valence-corrected chi connectivity index (χ1v) is 6.22. The molecule has 0 saturated heterocycles. The summed E-state index contributed by atoms with van der Waals surface area (Å²) in [6.07, 6.45) is 0.723. The van der Waals surface area contributed by atoms with Crippen LogP contribution in [0.15, 0.2) is 6.07 Å². The zero-order chi connectivity index (χ0) is 14.4. The molecule has 1 aromatic heterocycles. The number of anilines is 1. The summed E-state index contributed by atoms with van der Waals surface area (Å²) in [7, 11) is 1.62. The highest BCUT2D eigenvalue weighted by Crippen LogP contribution is 2.18. The lowest BCUT2D eigenvalue weighted by Crippen LogP contribution is -2.28. The number of aromatic nitrogens is 1. The highest BCUT2D eigenvalue weighted by molar-refractivity contribution is 5.99. The standard InChI is InChI=1S/C13H22N4O2/c1-8-6-9(2)17-13(11(8)12(15)18)16-5-4-10(14)7-19-3/h6,10H,4-5,7,14H2,1-3H3,(H2,15,18)(H,16,17). The monoisotopic (exact) mass is 266 g/mol. The summed E-state index contributed by atoms with van der Waals surface area (Å²) in [6, 6.07) is 1.79. The smallest absolute Gasteiger partial charge is 0.252 e. The minimum Gasteiger partial charge on any atom is -0.383 e. The normalized spacial score (nSPS) is 12.2. The van der Waals surface area contributed by atoms with E-state index in [0.717, 1.165) is 17.7 Å². The molecular formula is C13H22N4O2. The quantitative estimate of drug-likeness (QED) is 0.669. The number of rotatable bonds is 7. The summed E-state index contributed by atoms with van der Waals surface area (Å²) in [6.45, 7) is 4.83. The minimum absolute atomic E-state index is 0.0413. The maximum absolute atomic E-state index is 11.5. The van der Waals surface area contributed by atoms with Crippen LogP contribution in [0.4, 0.5) is 5.82 Å². The van der Waals surface area contributed by atoms with E-state index < -0.39 is 5.91 Å². The van der Waals surface area contributed by atoms with Crippen LogP contribution in [0.1, 0.15) is 28.0 Å². The van der Waals surface area contributed by atoms with Crippen molar-refractivity contribution >= 4 is 11.7 Å². The van der Waals surface area contributed by atoms with Gasteiger partial charge in [0.05, 0.1) is 12.2 Å². The second-order valence-corrected chi connectivity index (χ2v) is 4.60. The van der Waals surface area contributed by atoms with Crippen LogP contribution in [0.3, 0.4) is 0 Å². The van der Waals surface area contributed by atoms with Gasteiger partial charge in [0.25, 0.3) is 5.91 Å². The van der Waals surface area contributed by atoms with Crippen LogP contribution in [0.25, 0.3) is 0 Å². The Morgan fingerprint density at radius 3 is 2.79 bits per heavy atom. The van der Waals surface area contributed by atoms with E-state index in [-0.39, 0.29) is 6.04 Å². The number of primary amides is 1. The Bertz CT molecular complexity index is 449. The maximum Gasteiger partial charge on any atom is 0.252 e. The van der Waals surface area contributed by atoms with Crippen LogP contribution < -0.4 is 16.8 Å². The van der Waals surface area contributed by atoms with Crippen molar-refractivity contribution < 1.29 is 9.53 Å². The van der Waals surface area contributed by atoms with E-state index in [4.69, 9.17) is 16.2 Å². The van der Waals surface area contributed by atoms with Gasteiger partial charge in [-0.2, -0.15) is 0 Å². The number of methoxy groups -OCH3 is 1. The second-order valence-electron chi connectivity index (χ2n) is 4.60. The average molecular weight is 266 g/mol. The first kappa shape index (κ1) is 15.4. The van der Waals surface area contributed by atoms with Gasteiger partial charge in [-0.25, -0.2) is 4.98 Å². The van der Waals surface area contributed by atoms with E-state index in [1.807, 2.05) is 19.9 Å². The molecule has 0 spiro atoms. The number of nitrogens with zero attached hydrogens (tertiary/aromatic N) is 1. The fourth-order valence-electron chi connectivity index (χ4n) is 1.95. The highest BCUT2D eigenvalue weighted by atomic mass is 16.5. The summed E-state index contributed by atoms with van der Waals surface area (Å²) >= 11 is 0. The fourth-order valence-corrected chi connectivity index (χ4v) is 1.95. The Morgan fingerprint density at radius 1 is 1.53 bits per heavy atom. The lowest BCUT2D eigenvalue weighted by atomic mass is 10.1. The molecule has 0 saturated carbocycles. The third kappa shape index (κ3) is 4.50. The van der Waals surface area contributed by atoms with Crippen molar-refractivity contribution in [1.82, 2.24) is 4.98 Å². The van der Waals surface area contributed by atoms with E-state index in [1.54, 1.807) is 7.11 Å². The third-order valence-electron chi connectivity index (χ3n) is 2.78. The second kappa shape index (κ2) is 7.06. The summed E-state index contributed by atoms with van der Waals surface area (Å²) in [5.41, 5.74) is 13.3. The molecule has 1 rings (SSSR count). The minimum atomic E-state index is -0.478. The van der Waals surface area contributed by atoms with Gasteiger partial charge in [-0.05, 0) is 31.9 Å². The lowest BCUT2D eigenvalue weighted by Gasteiger charge is -2.14. The molecule has 6 heteroatoms. The SMILES string of the molecule is COCC(N)CCNc1nc(C)cc(C)c1C(N)=O. The van der Waals surface area contributed by atoms with Gasteiger partial charge >= 0.3 is 0 Å². The molecule has 0 aromatic carbocycles. The molecule has 0 aliphatic heterocycles. The molecule has 1 atom stereocenters. The van der Waals surface area contributed by atoms with Crippen LogP contribution in [0.2, 0.25) is 0 Å². The van der Waals surface area contributed by atoms with Crippen LogP contribution in [0, 0.1) is 13.8 Å². The maximum atomic E-state index is 11.5. The van der Waals surface area contributed by atoms with Crippen LogP contribution >= 0.6 is 0 Å². The molecule has 1 unspecified atom stereocenters. The first-order chi connectivity index (χ1) is 8.95. The van der Waals surface area contributed by atoms with Crippen molar-refractivity contribution in [2.24, 2.45) is 11.5 Å². The number of aryl methyl sites for hydroxylation is 2. The Kier molecular flexibility index (Phi) is 5.72. The van der Waals surface area contributed by atoms with Gasteiger partial charge in [-0.1, -0.05) is 0 Å². The molecule has 6 nitrogen and oxygen atoms in total. The zero-order valence-electron chi connectivity index (χ0n) is 11.7. The molecule has 19 heavy (non-hydrogen) atoms. The number of amides is 1. The average Bonchev–Trinajstić information content (AvgIpc) is 2.27. The summed E-state index contributed by atoms with van der Waals surface area (Å²) in [5, 5.41) is 3.12. The van der Waals surface area contributed by atoms with Gasteiger partial charge in [-0.3, -0.25) is 4.79 Å². The molecule has 0 fully saturated rings. The third-order valence-corrected chi connectivity index (χ3v) is 2.78. The van der Waals surface area contributed by atoms with Crippen molar-refractivity contribution in [3.05, 3.63) is 22.9 Å². The van der Waals surface area contributed by atoms with Crippen molar-refractivity contribution in [1.29, 1.82) is 0 Å². The number of hydrogen-bond donors (Lipinski definition) is 3. The number of carbonyl (C=O) groups excluding carboxylic acids is 1. The molecule has 1 amide bonds. The molecule has 5 N–H and O–H groups in total. The number of pyridine rings is 1. The fraction of sp³-hybridized carbons (Fsp3) is 0.538. The molecule has 0 aliphatic carbocycles. The van der Waals surface area contributed by atoms with Gasteiger partial charge in [0.2, 0.25) is 0 Å². The van der Waals surface area contributed by atoms with Crippen LogP contribution in [-0.4, -0.2) is 37.2 Å². The van der Waals surface area contributed by atoms with E-state index >= 15 is 0 Å². The molecule has 1 heterocycles. The Hall–Kier alpha value is -1.66. The van der Waals surface area contributed by atoms with E-state index in [2.05, 4.69) is 10.3 Å². The molecule has 0 bridgehead atoms. The zero-order valence-corrected chi connectivity index (χ0v) is 11.7. The number of carbonyl (C=O) groups is 1. The summed E-state index contributed by atoms with van der Waals surface area (Å²) in [4.78, 5) is 15.8. The van der Waals surface area contributed by atoms with Crippen molar-refractivity contribution in [2.45, 2.75) is 26.3 Å². The highest BCUT2D eigenvalue weighted by Gasteiger charge is 2.13. The Balaban J connectivity index is 2.74. The van der Waals surface area contributed by atoms with Crippen molar-refractivity contribution in [3.8, 4) is 0 Å². The Morgan fingerprint density at radius 2 is 2.21 bits per heavy atom. The largest absolute Gasteiger partial charge is 0.383 e. The van der Waals surface area contributed by atoms with Crippen LogP contribution in [-0.2, 0) is 4.74 Å². The molecule has 0 radical (unpaired) electrons. The van der Waals surface area contributed by atoms with Gasteiger partial charge in [0.15, 0.2) is 0 Å². The van der Waals surface area contributed by atoms with Gasteiger partial charge in [0.1, 0.15) is 5.82 Å². The number of nitrogens with two attached hydrogens (primary N) is 2. The molecule has 0 aliphatic rings. The van der Waals surface area contributed by atoms with E-state index in [9.17, 15) is 4.79 Å². The molecular weight excluding hydrogens is 244 g/mol. The molecule has 106 valence electrons. The van der Waals surface area contributed by atoms with Gasteiger partial charge < -0.3 is 21.5 Å². The van der Waals surface area contributed by atoms with Crippen LogP contribution in [0.5, 0.6) is 0 Å². The first-order valence-electron chi connectivity index (χ1n) is 6.22. The molecule has 1 aromatic rings. The number of nitrogens with one attached hydrogen (secondary N) is 1. The van der Waals surface area contributed by atoms with E-state index in [1.165, 1.54) is 0 Å². The Labute approximate surface area is 113 Å². The predicted octanol–water partition coefficient (Wildman–Crippen LogP) is 0.573.